The van der Waals surface area contributed by atoms with E-state index in [4.69, 9.17) is 15.8 Å². The van der Waals surface area contributed by atoms with Crippen molar-refractivity contribution in [3.8, 4) is 0 Å². The average molecular weight is 331 g/mol. The number of rotatable bonds is 7. The fourth-order valence-electron chi connectivity index (χ4n) is 3.04. The molecule has 1 aliphatic rings. The van der Waals surface area contributed by atoms with Gasteiger partial charge in [0.1, 0.15) is 0 Å². The highest BCUT2D eigenvalue weighted by Crippen LogP contribution is 2.40. The maximum absolute atomic E-state index is 12.4. The van der Waals surface area contributed by atoms with Gasteiger partial charge in [-0.25, -0.2) is 13.5 Å². The fourth-order valence-corrected chi connectivity index (χ4v) is 4.68. The first-order valence-corrected chi connectivity index (χ1v) is 8.78. The number of nitrogens with two attached hydrogens (primary N) is 1. The molecule has 1 unspecified atom stereocenters. The zero-order valence-corrected chi connectivity index (χ0v) is 13.3. The number of nitrogens with one attached hydrogen (secondary N) is 2. The monoisotopic (exact) mass is 331 g/mol. The Balaban J connectivity index is 1.98. The van der Waals surface area contributed by atoms with E-state index in [0.29, 0.717) is 25.7 Å². The Morgan fingerprint density at radius 3 is 2.91 bits per heavy atom. The van der Waals surface area contributed by atoms with Crippen molar-refractivity contribution in [2.24, 2.45) is 11.7 Å². The van der Waals surface area contributed by atoms with Gasteiger partial charge in [-0.05, 0) is 38.4 Å². The van der Waals surface area contributed by atoms with Crippen molar-refractivity contribution in [3.05, 3.63) is 6.20 Å². The third-order valence-electron chi connectivity index (χ3n) is 4.27. The molecule has 1 fully saturated rings. The SMILES string of the molecule is C[C@]1(N)CC(S(=O)(=O)Nc2cnn[nH]2)C[C@@H]1CCCB(O)O. The largest absolute Gasteiger partial charge is 0.451 e. The Bertz CT molecular complexity index is 577. The van der Waals surface area contributed by atoms with Gasteiger partial charge in [-0.3, -0.25) is 4.72 Å². The molecule has 0 radical (unpaired) electrons. The number of nitrogens with zero attached hydrogens (tertiary/aromatic N) is 2. The van der Waals surface area contributed by atoms with Crippen molar-refractivity contribution in [2.45, 2.75) is 49.7 Å². The predicted molar refractivity (Wildman–Crippen MR) is 82.3 cm³/mol. The molecule has 3 atom stereocenters. The van der Waals surface area contributed by atoms with Crippen LogP contribution in [0.5, 0.6) is 0 Å². The Morgan fingerprint density at radius 2 is 2.32 bits per heavy atom. The highest BCUT2D eigenvalue weighted by Gasteiger charge is 2.46. The highest BCUT2D eigenvalue weighted by atomic mass is 32.2. The average Bonchev–Trinajstić information content (AvgIpc) is 2.97. The molecule has 9 nitrogen and oxygen atoms in total. The fraction of sp³-hybridized carbons (Fsp3) is 0.818. The summed E-state index contributed by atoms with van der Waals surface area (Å²) in [7, 11) is -4.90. The molecule has 1 aliphatic carbocycles. The number of hydrogen-bond donors (Lipinski definition) is 5. The number of H-pyrrole nitrogens is 1. The van der Waals surface area contributed by atoms with Crippen LogP contribution in [0, 0.1) is 5.92 Å². The van der Waals surface area contributed by atoms with Crippen LogP contribution in [0.4, 0.5) is 5.82 Å². The lowest BCUT2D eigenvalue weighted by Gasteiger charge is -2.26. The zero-order chi connectivity index (χ0) is 16.4. The summed E-state index contributed by atoms with van der Waals surface area (Å²) in [5, 5.41) is 26.6. The Morgan fingerprint density at radius 1 is 1.59 bits per heavy atom. The van der Waals surface area contributed by atoms with E-state index in [9.17, 15) is 8.42 Å². The summed E-state index contributed by atoms with van der Waals surface area (Å²) in [4.78, 5) is 0. The Kier molecular flexibility index (Phi) is 5.10. The van der Waals surface area contributed by atoms with Gasteiger partial charge in [0.2, 0.25) is 10.0 Å². The summed E-state index contributed by atoms with van der Waals surface area (Å²) in [5.74, 6) is 0.248. The van der Waals surface area contributed by atoms with E-state index < -0.39 is 27.9 Å². The van der Waals surface area contributed by atoms with Crippen LogP contribution < -0.4 is 10.5 Å². The van der Waals surface area contributed by atoms with Crippen LogP contribution in [-0.4, -0.2) is 51.8 Å². The molecule has 1 aromatic rings. The number of aromatic nitrogens is 3. The molecule has 1 aromatic heterocycles. The first-order chi connectivity index (χ1) is 10.2. The minimum atomic E-state index is -3.57. The number of sulfonamides is 1. The van der Waals surface area contributed by atoms with Gasteiger partial charge in [-0.1, -0.05) is 11.6 Å². The van der Waals surface area contributed by atoms with E-state index in [0.717, 1.165) is 0 Å². The second-order valence-corrected chi connectivity index (χ2v) is 8.15. The van der Waals surface area contributed by atoms with E-state index >= 15 is 0 Å². The first kappa shape index (κ1) is 17.2. The molecular weight excluding hydrogens is 309 g/mol. The van der Waals surface area contributed by atoms with Crippen LogP contribution >= 0.6 is 0 Å². The smallest absolute Gasteiger partial charge is 0.427 e. The molecule has 11 heteroatoms. The number of anilines is 1. The minimum absolute atomic E-state index is 0.0210. The lowest BCUT2D eigenvalue weighted by atomic mass is 9.79. The summed E-state index contributed by atoms with van der Waals surface area (Å²) in [6.07, 6.45) is 3.64. The zero-order valence-electron chi connectivity index (χ0n) is 12.4. The Hall–Kier alpha value is -1.17. The van der Waals surface area contributed by atoms with Gasteiger partial charge in [0.05, 0.1) is 11.4 Å². The van der Waals surface area contributed by atoms with Gasteiger partial charge in [0.15, 0.2) is 5.82 Å². The van der Waals surface area contributed by atoms with Crippen LogP contribution in [0.2, 0.25) is 6.32 Å². The van der Waals surface area contributed by atoms with Gasteiger partial charge >= 0.3 is 7.12 Å². The van der Waals surface area contributed by atoms with Crippen LogP contribution in [0.1, 0.15) is 32.6 Å². The second kappa shape index (κ2) is 6.53. The van der Waals surface area contributed by atoms with Gasteiger partial charge in [0, 0.05) is 5.54 Å². The molecule has 0 aromatic carbocycles. The third kappa shape index (κ3) is 4.19. The molecule has 2 rings (SSSR count). The maximum Gasteiger partial charge on any atom is 0.451 e. The summed E-state index contributed by atoms with van der Waals surface area (Å²) < 4.78 is 27.2. The standard InChI is InChI=1S/C11H22BN5O4S/c1-11(13)6-9(5-8(11)3-2-4-12(18)19)22(20,21)16-10-7-14-17-15-10/h7-9,18-19H,2-6,13H2,1H3,(H2,14,15,16,17)/t8-,9?,11-/m0/s1. The molecule has 0 saturated heterocycles. The molecule has 0 amide bonds. The van der Waals surface area contributed by atoms with Crippen LogP contribution in [0.3, 0.4) is 0 Å². The lowest BCUT2D eigenvalue weighted by molar-refractivity contribution is 0.319. The van der Waals surface area contributed by atoms with E-state index in [1.807, 2.05) is 6.92 Å². The summed E-state index contributed by atoms with van der Waals surface area (Å²) >= 11 is 0. The van der Waals surface area contributed by atoms with Crippen LogP contribution in [0.15, 0.2) is 6.20 Å². The molecule has 1 saturated carbocycles. The number of aromatic amines is 1. The number of hydrogen-bond acceptors (Lipinski definition) is 7. The van der Waals surface area contributed by atoms with Gasteiger partial charge in [-0.2, -0.15) is 0 Å². The molecule has 6 N–H and O–H groups in total. The molecule has 0 aliphatic heterocycles. The van der Waals surface area contributed by atoms with Crippen molar-refractivity contribution in [3.63, 3.8) is 0 Å². The van der Waals surface area contributed by atoms with Crippen molar-refractivity contribution < 1.29 is 18.5 Å². The van der Waals surface area contributed by atoms with E-state index in [1.165, 1.54) is 6.20 Å². The molecule has 22 heavy (non-hydrogen) atoms. The van der Waals surface area contributed by atoms with Gasteiger partial charge in [0.25, 0.3) is 0 Å². The van der Waals surface area contributed by atoms with Crippen molar-refractivity contribution >= 4 is 23.0 Å². The molecule has 124 valence electrons. The van der Waals surface area contributed by atoms with Crippen LogP contribution in [0.25, 0.3) is 0 Å². The topological polar surface area (TPSA) is 154 Å². The molecular formula is C11H22BN5O4S. The van der Waals surface area contributed by atoms with Crippen LogP contribution in [-0.2, 0) is 10.0 Å². The Labute approximate surface area is 129 Å². The van der Waals surface area contributed by atoms with E-state index in [2.05, 4.69) is 20.1 Å². The molecule has 1 heterocycles. The summed E-state index contributed by atoms with van der Waals surface area (Å²) in [6.45, 7) is 1.85. The third-order valence-corrected chi connectivity index (χ3v) is 6.01. The van der Waals surface area contributed by atoms with Crippen molar-refractivity contribution in [1.82, 2.24) is 15.4 Å². The highest BCUT2D eigenvalue weighted by molar-refractivity contribution is 7.93. The predicted octanol–water partition coefficient (Wildman–Crippen LogP) is -0.705. The minimum Gasteiger partial charge on any atom is -0.427 e. The normalized spacial score (nSPS) is 28.7. The quantitative estimate of drug-likeness (QED) is 0.414. The van der Waals surface area contributed by atoms with Crippen molar-refractivity contribution in [1.29, 1.82) is 0 Å². The van der Waals surface area contributed by atoms with E-state index in [1.54, 1.807) is 0 Å². The van der Waals surface area contributed by atoms with Gasteiger partial charge < -0.3 is 15.8 Å². The van der Waals surface area contributed by atoms with E-state index in [-0.39, 0.29) is 18.1 Å². The maximum atomic E-state index is 12.4. The summed E-state index contributed by atoms with van der Waals surface area (Å²) in [5.41, 5.74) is 5.66. The summed E-state index contributed by atoms with van der Waals surface area (Å²) in [6, 6.07) is 0. The van der Waals surface area contributed by atoms with Gasteiger partial charge in [-0.15, -0.1) is 5.10 Å². The second-order valence-electron chi connectivity index (χ2n) is 6.19. The van der Waals surface area contributed by atoms with Crippen molar-refractivity contribution in [2.75, 3.05) is 4.72 Å². The molecule has 0 spiro atoms. The molecule has 0 bridgehead atoms. The lowest BCUT2D eigenvalue weighted by Crippen LogP contribution is -2.40. The first-order valence-electron chi connectivity index (χ1n) is 7.23.